The number of carbonyl (C=O) groups is 2. The molecule has 2 amide bonds. The van der Waals surface area contributed by atoms with Gasteiger partial charge in [-0.3, -0.25) is 14.5 Å². The molecule has 0 fully saturated rings. The molecule has 174 valence electrons. The van der Waals surface area contributed by atoms with Gasteiger partial charge in [-0.1, -0.05) is 40.6 Å². The van der Waals surface area contributed by atoms with Gasteiger partial charge in [0.05, 0.1) is 40.9 Å². The molecule has 0 atom stereocenters. The predicted octanol–water partition coefficient (Wildman–Crippen LogP) is 6.56. The molecule has 0 bridgehead atoms. The molecule has 0 radical (unpaired) electrons. The zero-order valence-electron chi connectivity index (χ0n) is 18.4. The van der Waals surface area contributed by atoms with Gasteiger partial charge in [-0.15, -0.1) is 0 Å². The topological polar surface area (TPSA) is 80.8 Å². The van der Waals surface area contributed by atoms with E-state index in [1.165, 1.54) is 43.4 Å². The lowest BCUT2D eigenvalue weighted by Gasteiger charge is -2.22. The summed E-state index contributed by atoms with van der Waals surface area (Å²) in [5, 5.41) is 3.79. The first-order valence-electron chi connectivity index (χ1n) is 10.0. The molecule has 1 aromatic heterocycles. The maximum atomic E-state index is 13.8. The molecule has 0 spiro atoms. The lowest BCUT2D eigenvalue weighted by atomic mass is 10.1. The van der Waals surface area contributed by atoms with Crippen molar-refractivity contribution < 1.29 is 19.1 Å². The zero-order chi connectivity index (χ0) is 24.4. The third-order valence-corrected chi connectivity index (χ3v) is 6.45. The summed E-state index contributed by atoms with van der Waals surface area (Å²) in [6.07, 6.45) is 0. The van der Waals surface area contributed by atoms with Crippen LogP contribution in [0.1, 0.15) is 17.3 Å². The number of fused-ring (bicyclic) bond motifs is 1. The largest absolute Gasteiger partial charge is 0.493 e. The number of rotatable bonds is 6. The Labute approximate surface area is 209 Å². The van der Waals surface area contributed by atoms with Crippen LogP contribution in [0.4, 0.5) is 16.5 Å². The molecule has 34 heavy (non-hydrogen) atoms. The normalized spacial score (nSPS) is 10.7. The van der Waals surface area contributed by atoms with E-state index in [9.17, 15) is 9.59 Å². The van der Waals surface area contributed by atoms with Crippen LogP contribution < -0.4 is 19.7 Å². The van der Waals surface area contributed by atoms with E-state index in [0.29, 0.717) is 38.5 Å². The summed E-state index contributed by atoms with van der Waals surface area (Å²) in [6, 6.07) is 15.2. The number of aromatic nitrogens is 1. The number of hydrogen-bond donors (Lipinski definition) is 1. The van der Waals surface area contributed by atoms with Crippen LogP contribution in [0.25, 0.3) is 10.2 Å². The van der Waals surface area contributed by atoms with Gasteiger partial charge in [0, 0.05) is 18.0 Å². The molecule has 0 aliphatic heterocycles. The van der Waals surface area contributed by atoms with Gasteiger partial charge in [-0.05, 0) is 42.5 Å². The first kappa shape index (κ1) is 23.8. The highest BCUT2D eigenvalue weighted by Crippen LogP contribution is 2.40. The van der Waals surface area contributed by atoms with Crippen LogP contribution in [-0.2, 0) is 4.79 Å². The summed E-state index contributed by atoms with van der Waals surface area (Å²) in [6.45, 7) is 1.42. The van der Waals surface area contributed by atoms with Gasteiger partial charge in [0.2, 0.25) is 5.91 Å². The maximum Gasteiger partial charge on any atom is 0.266 e. The number of methoxy groups -OCH3 is 2. The van der Waals surface area contributed by atoms with Crippen LogP contribution in [0.15, 0.2) is 54.6 Å². The average Bonchev–Trinajstić information content (AvgIpc) is 3.23. The molecule has 0 aliphatic rings. The van der Waals surface area contributed by atoms with Crippen LogP contribution >= 0.6 is 34.5 Å². The number of anilines is 3. The van der Waals surface area contributed by atoms with Crippen molar-refractivity contribution in [3.63, 3.8) is 0 Å². The molecule has 1 N–H and O–H groups in total. The maximum absolute atomic E-state index is 13.8. The number of ether oxygens (including phenoxy) is 2. The van der Waals surface area contributed by atoms with Crippen molar-refractivity contribution in [2.45, 2.75) is 6.92 Å². The standard InChI is InChI=1S/C24H19Cl2N3O4S/c1-13(30)27-18-5-4-6-21-22(18)28-24(34-21)29(15-8-10-19(32-2)20(12-15)33-3)23(31)16-9-7-14(25)11-17(16)26/h4-12H,1-3H3,(H,27,30). The number of para-hydroxylation sites is 1. The van der Waals surface area contributed by atoms with Crippen molar-refractivity contribution in [1.29, 1.82) is 0 Å². The van der Waals surface area contributed by atoms with E-state index >= 15 is 0 Å². The monoisotopic (exact) mass is 515 g/mol. The highest BCUT2D eigenvalue weighted by molar-refractivity contribution is 7.22. The van der Waals surface area contributed by atoms with Crippen molar-refractivity contribution in [2.75, 3.05) is 24.4 Å². The summed E-state index contributed by atoms with van der Waals surface area (Å²) in [5.74, 6) is 0.331. The lowest BCUT2D eigenvalue weighted by Crippen LogP contribution is -2.26. The van der Waals surface area contributed by atoms with E-state index < -0.39 is 5.91 Å². The number of hydrogen-bond acceptors (Lipinski definition) is 6. The SMILES string of the molecule is COc1ccc(N(C(=O)c2ccc(Cl)cc2Cl)c2nc3c(NC(C)=O)cccc3s2)cc1OC. The van der Waals surface area contributed by atoms with Crippen molar-refractivity contribution >= 4 is 73.1 Å². The molecule has 10 heteroatoms. The number of halogens is 2. The van der Waals surface area contributed by atoms with Crippen molar-refractivity contribution in [3.05, 3.63) is 70.2 Å². The molecular weight excluding hydrogens is 497 g/mol. The first-order valence-corrected chi connectivity index (χ1v) is 11.6. The molecular formula is C24H19Cl2N3O4S. The van der Waals surface area contributed by atoms with E-state index in [0.717, 1.165) is 4.70 Å². The molecule has 0 saturated carbocycles. The van der Waals surface area contributed by atoms with Gasteiger partial charge < -0.3 is 14.8 Å². The van der Waals surface area contributed by atoms with Gasteiger partial charge in [0.1, 0.15) is 5.52 Å². The van der Waals surface area contributed by atoms with Crippen LogP contribution in [0, 0.1) is 0 Å². The molecule has 7 nitrogen and oxygen atoms in total. The predicted molar refractivity (Wildman–Crippen MR) is 136 cm³/mol. The zero-order valence-corrected chi connectivity index (χ0v) is 20.7. The van der Waals surface area contributed by atoms with Crippen molar-refractivity contribution in [2.24, 2.45) is 0 Å². The van der Waals surface area contributed by atoms with Crippen LogP contribution in [0.5, 0.6) is 11.5 Å². The fourth-order valence-electron chi connectivity index (χ4n) is 3.38. The second-order valence-electron chi connectivity index (χ2n) is 7.13. The fraction of sp³-hybridized carbons (Fsp3) is 0.125. The molecule has 3 aromatic carbocycles. The van der Waals surface area contributed by atoms with E-state index in [1.807, 2.05) is 12.1 Å². The van der Waals surface area contributed by atoms with Crippen molar-refractivity contribution in [3.8, 4) is 11.5 Å². The molecule has 4 aromatic rings. The number of carbonyl (C=O) groups excluding carboxylic acids is 2. The van der Waals surface area contributed by atoms with Crippen LogP contribution in [0.2, 0.25) is 10.0 Å². The molecule has 0 aliphatic carbocycles. The highest BCUT2D eigenvalue weighted by Gasteiger charge is 2.26. The minimum Gasteiger partial charge on any atom is -0.493 e. The quantitative estimate of drug-likeness (QED) is 0.314. The second-order valence-corrected chi connectivity index (χ2v) is 8.99. The van der Waals surface area contributed by atoms with Gasteiger partial charge >= 0.3 is 0 Å². The fourth-order valence-corrected chi connectivity index (χ4v) is 4.89. The van der Waals surface area contributed by atoms with Gasteiger partial charge in [0.25, 0.3) is 5.91 Å². The summed E-state index contributed by atoms with van der Waals surface area (Å²) in [5.41, 5.74) is 1.87. The van der Waals surface area contributed by atoms with Gasteiger partial charge in [-0.25, -0.2) is 4.98 Å². The summed E-state index contributed by atoms with van der Waals surface area (Å²) in [4.78, 5) is 31.6. The minimum absolute atomic E-state index is 0.211. The number of amides is 2. The third-order valence-electron chi connectivity index (χ3n) is 4.90. The average molecular weight is 516 g/mol. The van der Waals surface area contributed by atoms with Crippen LogP contribution in [-0.4, -0.2) is 31.0 Å². The number of thiazole rings is 1. The molecule has 1 heterocycles. The molecule has 0 saturated heterocycles. The van der Waals surface area contributed by atoms with E-state index in [2.05, 4.69) is 5.32 Å². The van der Waals surface area contributed by atoms with E-state index in [1.54, 1.807) is 36.4 Å². The van der Waals surface area contributed by atoms with Gasteiger partial charge in [0.15, 0.2) is 16.6 Å². The second kappa shape index (κ2) is 9.89. The van der Waals surface area contributed by atoms with Gasteiger partial charge in [-0.2, -0.15) is 0 Å². The Hall–Kier alpha value is -3.33. The molecule has 4 rings (SSSR count). The van der Waals surface area contributed by atoms with Crippen LogP contribution in [0.3, 0.4) is 0 Å². The summed E-state index contributed by atoms with van der Waals surface area (Å²) < 4.78 is 11.6. The minimum atomic E-state index is -0.408. The Balaban J connectivity index is 1.91. The van der Waals surface area contributed by atoms with E-state index in [4.69, 9.17) is 37.7 Å². The summed E-state index contributed by atoms with van der Waals surface area (Å²) in [7, 11) is 3.05. The Bertz CT molecular complexity index is 1410. The first-order chi connectivity index (χ1) is 16.3. The third kappa shape index (κ3) is 4.65. The molecule has 0 unspecified atom stereocenters. The number of benzene rings is 3. The lowest BCUT2D eigenvalue weighted by molar-refractivity contribution is -0.114. The Morgan fingerprint density at radius 1 is 1.00 bits per heavy atom. The number of nitrogens with zero attached hydrogens (tertiary/aromatic N) is 2. The Kier molecular flexibility index (Phi) is 6.92. The Morgan fingerprint density at radius 3 is 2.44 bits per heavy atom. The smallest absolute Gasteiger partial charge is 0.266 e. The highest BCUT2D eigenvalue weighted by atomic mass is 35.5. The Morgan fingerprint density at radius 2 is 1.76 bits per heavy atom. The number of nitrogens with one attached hydrogen (secondary N) is 1. The van der Waals surface area contributed by atoms with Crippen molar-refractivity contribution in [1.82, 2.24) is 4.98 Å². The van der Waals surface area contributed by atoms with E-state index in [-0.39, 0.29) is 16.5 Å². The summed E-state index contributed by atoms with van der Waals surface area (Å²) >= 11 is 13.7.